The summed E-state index contributed by atoms with van der Waals surface area (Å²) in [5, 5.41) is 20.7. The van der Waals surface area contributed by atoms with Crippen LogP contribution in [0.5, 0.6) is 0 Å². The van der Waals surface area contributed by atoms with Gasteiger partial charge in [0, 0.05) is 6.54 Å². The van der Waals surface area contributed by atoms with Gasteiger partial charge in [0.1, 0.15) is 18.1 Å². The summed E-state index contributed by atoms with van der Waals surface area (Å²) in [6.45, 7) is 8.57. The first kappa shape index (κ1) is 30.1. The molecule has 1 heterocycles. The maximum absolute atomic E-state index is 13.2. The predicted octanol–water partition coefficient (Wildman–Crippen LogP) is -0.577. The minimum atomic E-state index is -1.15. The Bertz CT molecular complexity index is 747. The summed E-state index contributed by atoms with van der Waals surface area (Å²) in [4.78, 5) is 54.3. The summed E-state index contributed by atoms with van der Waals surface area (Å²) in [6.07, 6.45) is 2.79. The van der Waals surface area contributed by atoms with Gasteiger partial charge in [0.2, 0.25) is 17.7 Å². The van der Waals surface area contributed by atoms with Gasteiger partial charge in [-0.2, -0.15) is 0 Å². The van der Waals surface area contributed by atoms with E-state index in [9.17, 15) is 24.3 Å². The van der Waals surface area contributed by atoms with Crippen molar-refractivity contribution in [2.45, 2.75) is 90.4 Å². The highest BCUT2D eigenvalue weighted by Gasteiger charge is 2.31. The standard InChI is InChI=1S/C23H43N7O5/c1-13(2)11-17(29-19(31)15-7-5-9-26-15)21(33)28-16(8-6-10-27-23(24)25)20(32)30-18(22(34)35)12-14(3)4/h13-18,26H,5-12H2,1-4H3,(H,28,33)(H,29,31)(H,30,32)(H,34,35)(H4,24,25,27). The van der Waals surface area contributed by atoms with Crippen molar-refractivity contribution in [2.75, 3.05) is 13.1 Å². The molecule has 0 radical (unpaired) electrons. The fraction of sp³-hybridized carbons (Fsp3) is 0.783. The van der Waals surface area contributed by atoms with Crippen LogP contribution in [0.4, 0.5) is 0 Å². The van der Waals surface area contributed by atoms with Gasteiger partial charge in [-0.25, -0.2) is 4.79 Å². The Morgan fingerprint density at radius 1 is 0.943 bits per heavy atom. The SMILES string of the molecule is CC(C)CC(NC(=O)C(CCCN=C(N)N)NC(=O)C(CC(C)C)NC(=O)C1CCCN1)C(=O)O. The predicted molar refractivity (Wildman–Crippen MR) is 133 cm³/mol. The van der Waals surface area contributed by atoms with E-state index in [1.165, 1.54) is 0 Å². The number of hydrogen-bond donors (Lipinski definition) is 7. The van der Waals surface area contributed by atoms with Crippen LogP contribution in [0.25, 0.3) is 0 Å². The van der Waals surface area contributed by atoms with E-state index in [1.54, 1.807) is 0 Å². The van der Waals surface area contributed by atoms with Gasteiger partial charge in [-0.1, -0.05) is 27.7 Å². The Kier molecular flexibility index (Phi) is 13.1. The van der Waals surface area contributed by atoms with E-state index in [4.69, 9.17) is 11.5 Å². The number of rotatable bonds is 15. The average molecular weight is 498 g/mol. The molecule has 0 spiro atoms. The van der Waals surface area contributed by atoms with Crippen LogP contribution in [0.2, 0.25) is 0 Å². The van der Waals surface area contributed by atoms with E-state index < -0.39 is 35.9 Å². The molecule has 0 aromatic rings. The van der Waals surface area contributed by atoms with Crippen molar-refractivity contribution >= 4 is 29.7 Å². The Labute approximate surface area is 207 Å². The lowest BCUT2D eigenvalue weighted by molar-refractivity contribution is -0.142. The number of carbonyl (C=O) groups is 4. The second kappa shape index (κ2) is 15.2. The van der Waals surface area contributed by atoms with Crippen LogP contribution < -0.4 is 32.7 Å². The van der Waals surface area contributed by atoms with Crippen LogP contribution in [0.3, 0.4) is 0 Å². The number of aliphatic carboxylic acids is 1. The average Bonchev–Trinajstić information content (AvgIpc) is 3.28. The van der Waals surface area contributed by atoms with Crippen LogP contribution in [0, 0.1) is 11.8 Å². The highest BCUT2D eigenvalue weighted by Crippen LogP contribution is 2.11. The zero-order valence-electron chi connectivity index (χ0n) is 21.3. The Morgan fingerprint density at radius 3 is 2.03 bits per heavy atom. The highest BCUT2D eigenvalue weighted by atomic mass is 16.4. The number of nitrogens with one attached hydrogen (secondary N) is 4. The van der Waals surface area contributed by atoms with Crippen molar-refractivity contribution in [3.63, 3.8) is 0 Å². The van der Waals surface area contributed by atoms with Crippen molar-refractivity contribution in [3.8, 4) is 0 Å². The summed E-state index contributed by atoms with van der Waals surface area (Å²) in [6, 6.07) is -3.27. The molecule has 0 bridgehead atoms. The fourth-order valence-electron chi connectivity index (χ4n) is 3.89. The highest BCUT2D eigenvalue weighted by molar-refractivity contribution is 5.94. The Hall–Kier alpha value is -2.89. The van der Waals surface area contributed by atoms with Crippen molar-refractivity contribution in [2.24, 2.45) is 28.3 Å². The number of carbonyl (C=O) groups excluding carboxylic acids is 3. The first-order chi connectivity index (χ1) is 16.4. The minimum Gasteiger partial charge on any atom is -0.480 e. The summed E-state index contributed by atoms with van der Waals surface area (Å²) in [5.74, 6) is -2.43. The lowest BCUT2D eigenvalue weighted by atomic mass is 10.0. The summed E-state index contributed by atoms with van der Waals surface area (Å²) in [7, 11) is 0. The third kappa shape index (κ3) is 11.9. The third-order valence-electron chi connectivity index (χ3n) is 5.62. The number of guanidine groups is 1. The van der Waals surface area contributed by atoms with Crippen LogP contribution in [-0.4, -0.2) is 72.0 Å². The number of amides is 3. The van der Waals surface area contributed by atoms with Gasteiger partial charge in [-0.15, -0.1) is 0 Å². The molecule has 4 unspecified atom stereocenters. The Morgan fingerprint density at radius 2 is 1.51 bits per heavy atom. The van der Waals surface area contributed by atoms with Crippen molar-refractivity contribution in [1.29, 1.82) is 0 Å². The summed E-state index contributed by atoms with van der Waals surface area (Å²) < 4.78 is 0. The molecule has 1 rings (SSSR count). The van der Waals surface area contributed by atoms with E-state index in [0.717, 1.165) is 13.0 Å². The quantitative estimate of drug-likeness (QED) is 0.0884. The molecule has 12 nitrogen and oxygen atoms in total. The molecule has 12 heteroatoms. The van der Waals surface area contributed by atoms with Crippen LogP contribution in [0.15, 0.2) is 4.99 Å². The van der Waals surface area contributed by atoms with Gasteiger partial charge in [0.05, 0.1) is 6.04 Å². The van der Waals surface area contributed by atoms with Gasteiger partial charge >= 0.3 is 5.97 Å². The molecule has 0 aromatic heterocycles. The largest absolute Gasteiger partial charge is 0.480 e. The van der Waals surface area contributed by atoms with Crippen LogP contribution in [-0.2, 0) is 19.2 Å². The smallest absolute Gasteiger partial charge is 0.326 e. The fourth-order valence-corrected chi connectivity index (χ4v) is 3.89. The van der Waals surface area contributed by atoms with Gasteiger partial charge in [0.15, 0.2) is 5.96 Å². The van der Waals surface area contributed by atoms with Crippen molar-refractivity contribution in [3.05, 3.63) is 0 Å². The van der Waals surface area contributed by atoms with E-state index in [1.807, 2.05) is 27.7 Å². The molecule has 1 fully saturated rings. The number of hydrogen-bond acceptors (Lipinski definition) is 6. The topological polar surface area (TPSA) is 201 Å². The molecule has 1 aliphatic heterocycles. The number of nitrogens with zero attached hydrogens (tertiary/aromatic N) is 1. The molecular weight excluding hydrogens is 454 g/mol. The van der Waals surface area contributed by atoms with Crippen LogP contribution >= 0.6 is 0 Å². The molecule has 0 saturated carbocycles. The van der Waals surface area contributed by atoms with Gasteiger partial charge < -0.3 is 37.8 Å². The minimum absolute atomic E-state index is 0.0427. The molecule has 1 saturated heterocycles. The number of carboxylic acids is 1. The molecule has 0 aromatic carbocycles. The molecular formula is C23H43N7O5. The molecule has 35 heavy (non-hydrogen) atoms. The van der Waals surface area contributed by atoms with Crippen molar-refractivity contribution < 1.29 is 24.3 Å². The monoisotopic (exact) mass is 497 g/mol. The van der Waals surface area contributed by atoms with Gasteiger partial charge in [-0.3, -0.25) is 19.4 Å². The third-order valence-corrected chi connectivity index (χ3v) is 5.62. The van der Waals surface area contributed by atoms with E-state index in [2.05, 4.69) is 26.3 Å². The second-order valence-corrected chi connectivity index (χ2v) is 9.88. The molecule has 4 atom stereocenters. The van der Waals surface area contributed by atoms with E-state index in [-0.39, 0.29) is 49.1 Å². The maximum atomic E-state index is 13.2. The first-order valence-electron chi connectivity index (χ1n) is 12.3. The summed E-state index contributed by atoms with van der Waals surface area (Å²) >= 11 is 0. The zero-order chi connectivity index (χ0) is 26.5. The first-order valence-corrected chi connectivity index (χ1v) is 12.3. The number of nitrogens with two attached hydrogens (primary N) is 2. The van der Waals surface area contributed by atoms with Gasteiger partial charge in [0.25, 0.3) is 0 Å². The Balaban J connectivity index is 2.97. The number of carboxylic acid groups (broad SMARTS) is 1. The second-order valence-electron chi connectivity index (χ2n) is 9.88. The van der Waals surface area contributed by atoms with E-state index in [0.29, 0.717) is 19.3 Å². The molecule has 1 aliphatic rings. The lowest BCUT2D eigenvalue weighted by Gasteiger charge is -2.26. The van der Waals surface area contributed by atoms with Gasteiger partial charge in [-0.05, 0) is 56.9 Å². The number of aliphatic imine (C=N–C) groups is 1. The van der Waals surface area contributed by atoms with Crippen LogP contribution in [0.1, 0.15) is 66.2 Å². The normalized spacial score (nSPS) is 17.9. The molecule has 0 aliphatic carbocycles. The molecule has 9 N–H and O–H groups in total. The van der Waals surface area contributed by atoms with Crippen molar-refractivity contribution in [1.82, 2.24) is 21.3 Å². The summed E-state index contributed by atoms with van der Waals surface area (Å²) in [5.41, 5.74) is 10.7. The zero-order valence-corrected chi connectivity index (χ0v) is 21.3. The molecule has 200 valence electrons. The maximum Gasteiger partial charge on any atom is 0.326 e. The van der Waals surface area contributed by atoms with E-state index >= 15 is 0 Å². The lowest BCUT2D eigenvalue weighted by Crippen LogP contribution is -2.57. The molecule has 3 amide bonds.